The van der Waals surface area contributed by atoms with Gasteiger partial charge in [-0.3, -0.25) is 19.1 Å². The minimum atomic E-state index is -0.645. The van der Waals surface area contributed by atoms with Crippen LogP contribution in [0.1, 0.15) is 35.8 Å². The van der Waals surface area contributed by atoms with Crippen molar-refractivity contribution in [1.29, 1.82) is 0 Å². The number of carbonyl (C=O) groups excluding carboxylic acids is 3. The van der Waals surface area contributed by atoms with Crippen LogP contribution in [0.2, 0.25) is 0 Å². The Morgan fingerprint density at radius 1 is 1.00 bits per heavy atom. The fraction of sp³-hybridized carbons (Fsp3) is 0.308. The van der Waals surface area contributed by atoms with E-state index in [9.17, 15) is 19.2 Å². The summed E-state index contributed by atoms with van der Waals surface area (Å²) >= 11 is 1.14. The van der Waals surface area contributed by atoms with Gasteiger partial charge in [0.1, 0.15) is 5.69 Å². The van der Waals surface area contributed by atoms with Gasteiger partial charge in [-0.25, -0.2) is 9.48 Å². The van der Waals surface area contributed by atoms with Gasteiger partial charge in [0.25, 0.3) is 11.5 Å². The second-order valence-electron chi connectivity index (χ2n) is 8.05. The number of rotatable bonds is 11. The van der Waals surface area contributed by atoms with Crippen LogP contribution in [0.3, 0.4) is 0 Å². The van der Waals surface area contributed by atoms with Crippen LogP contribution in [-0.2, 0) is 21.4 Å². The first-order chi connectivity index (χ1) is 17.3. The fourth-order valence-electron chi connectivity index (χ4n) is 3.46. The SMILES string of the molecule is CCCCNC(=O)COC(=O)c1ccccc1SCC(=O)Nc1c(C)n(C)n(-c2ccccc2)c1=O. The van der Waals surface area contributed by atoms with E-state index in [1.54, 1.807) is 42.9 Å². The van der Waals surface area contributed by atoms with Crippen molar-refractivity contribution in [3.63, 3.8) is 0 Å². The van der Waals surface area contributed by atoms with Crippen LogP contribution < -0.4 is 16.2 Å². The van der Waals surface area contributed by atoms with Crippen molar-refractivity contribution in [2.45, 2.75) is 31.6 Å². The van der Waals surface area contributed by atoms with Gasteiger partial charge >= 0.3 is 5.97 Å². The lowest BCUT2D eigenvalue weighted by Crippen LogP contribution is -2.29. The molecule has 0 spiro atoms. The zero-order valence-electron chi connectivity index (χ0n) is 20.6. The summed E-state index contributed by atoms with van der Waals surface area (Å²) in [6, 6.07) is 15.9. The quantitative estimate of drug-likeness (QED) is 0.233. The number of anilines is 1. The van der Waals surface area contributed by atoms with Crippen molar-refractivity contribution in [3.8, 4) is 5.69 Å². The van der Waals surface area contributed by atoms with E-state index >= 15 is 0 Å². The highest BCUT2D eigenvalue weighted by Gasteiger charge is 2.19. The van der Waals surface area contributed by atoms with Crippen molar-refractivity contribution in [2.24, 2.45) is 7.05 Å². The van der Waals surface area contributed by atoms with Crippen LogP contribution in [0.5, 0.6) is 0 Å². The molecule has 3 aromatic rings. The van der Waals surface area contributed by atoms with Gasteiger partial charge in [-0.15, -0.1) is 11.8 Å². The predicted octanol–water partition coefficient (Wildman–Crippen LogP) is 3.29. The Balaban J connectivity index is 1.63. The van der Waals surface area contributed by atoms with Crippen LogP contribution in [0.4, 0.5) is 5.69 Å². The average molecular weight is 511 g/mol. The summed E-state index contributed by atoms with van der Waals surface area (Å²) in [5.41, 5.74) is 1.44. The number of nitrogens with one attached hydrogen (secondary N) is 2. The molecule has 0 saturated heterocycles. The number of para-hydroxylation sites is 1. The first kappa shape index (κ1) is 26.8. The molecule has 0 fully saturated rings. The molecule has 0 atom stereocenters. The third kappa shape index (κ3) is 6.66. The van der Waals surface area contributed by atoms with Gasteiger partial charge in [-0.2, -0.15) is 0 Å². The fourth-order valence-corrected chi connectivity index (χ4v) is 4.30. The minimum Gasteiger partial charge on any atom is -0.452 e. The molecular weight excluding hydrogens is 480 g/mol. The van der Waals surface area contributed by atoms with Gasteiger partial charge in [-0.1, -0.05) is 43.7 Å². The Bertz CT molecular complexity index is 1280. The molecule has 3 rings (SSSR count). The molecule has 2 amide bonds. The number of benzene rings is 2. The number of hydrogen-bond acceptors (Lipinski definition) is 6. The number of esters is 1. The molecule has 190 valence electrons. The first-order valence-corrected chi connectivity index (χ1v) is 12.6. The van der Waals surface area contributed by atoms with Crippen LogP contribution in [0.25, 0.3) is 5.69 Å². The zero-order valence-corrected chi connectivity index (χ0v) is 21.4. The Hall–Kier alpha value is -3.79. The van der Waals surface area contributed by atoms with Crippen molar-refractivity contribution < 1.29 is 19.1 Å². The summed E-state index contributed by atoms with van der Waals surface area (Å²) in [6.45, 7) is 3.94. The lowest BCUT2D eigenvalue weighted by Gasteiger charge is -2.10. The Labute approximate surface area is 213 Å². The van der Waals surface area contributed by atoms with Crippen LogP contribution in [0, 0.1) is 6.92 Å². The van der Waals surface area contributed by atoms with Crippen molar-refractivity contribution >= 4 is 35.2 Å². The lowest BCUT2D eigenvalue weighted by atomic mass is 10.2. The smallest absolute Gasteiger partial charge is 0.339 e. The molecule has 2 N–H and O–H groups in total. The van der Waals surface area contributed by atoms with Gasteiger partial charge in [0.2, 0.25) is 5.91 Å². The second-order valence-corrected chi connectivity index (χ2v) is 9.07. The third-order valence-electron chi connectivity index (χ3n) is 5.47. The van der Waals surface area contributed by atoms with E-state index in [-0.39, 0.29) is 41.0 Å². The monoisotopic (exact) mass is 510 g/mol. The zero-order chi connectivity index (χ0) is 26.1. The highest BCUT2D eigenvalue weighted by molar-refractivity contribution is 8.00. The topological polar surface area (TPSA) is 111 Å². The molecule has 9 nitrogen and oxygen atoms in total. The molecule has 36 heavy (non-hydrogen) atoms. The second kappa shape index (κ2) is 12.8. The summed E-state index contributed by atoms with van der Waals surface area (Å²) in [5, 5.41) is 5.40. The molecule has 0 saturated carbocycles. The lowest BCUT2D eigenvalue weighted by molar-refractivity contribution is -0.124. The molecule has 1 aromatic heterocycles. The van der Waals surface area contributed by atoms with Crippen molar-refractivity contribution in [3.05, 3.63) is 76.2 Å². The molecule has 1 heterocycles. The van der Waals surface area contributed by atoms with E-state index in [2.05, 4.69) is 10.6 Å². The number of unbranched alkanes of at least 4 members (excludes halogenated alkanes) is 1. The van der Waals surface area contributed by atoms with Gasteiger partial charge < -0.3 is 15.4 Å². The molecule has 0 aliphatic carbocycles. The largest absolute Gasteiger partial charge is 0.452 e. The summed E-state index contributed by atoms with van der Waals surface area (Å²) in [6.07, 6.45) is 1.80. The minimum absolute atomic E-state index is 0.0269. The maximum absolute atomic E-state index is 13.0. The Kier molecular flexibility index (Phi) is 9.52. The van der Waals surface area contributed by atoms with E-state index < -0.39 is 5.97 Å². The van der Waals surface area contributed by atoms with E-state index in [4.69, 9.17) is 4.74 Å². The number of carbonyl (C=O) groups is 3. The maximum Gasteiger partial charge on any atom is 0.339 e. The van der Waals surface area contributed by atoms with E-state index in [1.165, 1.54) is 4.68 Å². The molecule has 10 heteroatoms. The van der Waals surface area contributed by atoms with Crippen LogP contribution in [-0.4, -0.2) is 46.1 Å². The predicted molar refractivity (Wildman–Crippen MR) is 140 cm³/mol. The Morgan fingerprint density at radius 3 is 2.42 bits per heavy atom. The van der Waals surface area contributed by atoms with Gasteiger partial charge in [0, 0.05) is 18.5 Å². The molecule has 0 bridgehead atoms. The number of hydrogen-bond donors (Lipinski definition) is 2. The Morgan fingerprint density at radius 2 is 1.69 bits per heavy atom. The van der Waals surface area contributed by atoms with E-state index in [1.807, 2.05) is 37.3 Å². The van der Waals surface area contributed by atoms with Gasteiger partial charge in [0.05, 0.1) is 22.7 Å². The van der Waals surface area contributed by atoms with Gasteiger partial charge in [-0.05, 0) is 37.6 Å². The molecule has 0 radical (unpaired) electrons. The van der Waals surface area contributed by atoms with E-state index in [0.29, 0.717) is 22.8 Å². The highest BCUT2D eigenvalue weighted by Crippen LogP contribution is 2.24. The summed E-state index contributed by atoms with van der Waals surface area (Å²) in [5.74, 6) is -1.42. The van der Waals surface area contributed by atoms with Crippen molar-refractivity contribution in [1.82, 2.24) is 14.7 Å². The summed E-state index contributed by atoms with van der Waals surface area (Å²) in [7, 11) is 1.75. The molecular formula is C26H30N4O5S. The average Bonchev–Trinajstić information content (AvgIpc) is 3.09. The number of amides is 2. The van der Waals surface area contributed by atoms with Crippen LogP contribution in [0.15, 0.2) is 64.3 Å². The first-order valence-electron chi connectivity index (χ1n) is 11.6. The third-order valence-corrected chi connectivity index (χ3v) is 6.54. The van der Waals surface area contributed by atoms with Gasteiger partial charge in [0.15, 0.2) is 6.61 Å². The molecule has 2 aromatic carbocycles. The highest BCUT2D eigenvalue weighted by atomic mass is 32.2. The number of nitrogens with zero attached hydrogens (tertiary/aromatic N) is 2. The molecule has 0 unspecified atom stereocenters. The number of ether oxygens (including phenoxy) is 1. The normalized spacial score (nSPS) is 10.6. The number of thioether (sulfide) groups is 1. The number of aromatic nitrogens is 2. The van der Waals surface area contributed by atoms with E-state index in [0.717, 1.165) is 24.6 Å². The standard InChI is InChI=1S/C26H30N4O5S/c1-4-5-15-27-22(31)16-35-26(34)20-13-9-10-14-21(20)36-17-23(32)28-24-18(2)29(3)30(25(24)33)19-11-7-6-8-12-19/h6-14H,4-5,15-17H2,1-3H3,(H,27,31)(H,28,32). The molecule has 0 aliphatic heterocycles. The molecule has 0 aliphatic rings. The summed E-state index contributed by atoms with van der Waals surface area (Å²) in [4.78, 5) is 50.6. The summed E-state index contributed by atoms with van der Waals surface area (Å²) < 4.78 is 8.31. The maximum atomic E-state index is 13.0. The van der Waals surface area contributed by atoms with Crippen molar-refractivity contribution in [2.75, 3.05) is 24.2 Å². The van der Waals surface area contributed by atoms with Crippen LogP contribution >= 0.6 is 11.8 Å².